The Bertz CT molecular complexity index is 589. The van der Waals surface area contributed by atoms with Crippen LogP contribution in [0.2, 0.25) is 0 Å². The summed E-state index contributed by atoms with van der Waals surface area (Å²) in [6.07, 6.45) is 1.37. The smallest absolute Gasteiger partial charge is 0.343 e. The SMILES string of the molecule is CCOC(=O)c1cnc2sc(C)c(C)c2c1O. The molecule has 0 saturated carbocycles. The fraction of sp³-hybridized carbons (Fsp3) is 0.333. The minimum Gasteiger partial charge on any atom is -0.506 e. The van der Waals surface area contributed by atoms with Crippen molar-refractivity contribution < 1.29 is 14.6 Å². The molecular formula is C12H13NO3S. The maximum Gasteiger partial charge on any atom is 0.343 e. The van der Waals surface area contributed by atoms with E-state index in [9.17, 15) is 9.90 Å². The van der Waals surface area contributed by atoms with Crippen LogP contribution in [0.5, 0.6) is 5.75 Å². The van der Waals surface area contributed by atoms with Crippen LogP contribution in [-0.4, -0.2) is 22.7 Å². The summed E-state index contributed by atoms with van der Waals surface area (Å²) < 4.78 is 4.87. The molecule has 0 radical (unpaired) electrons. The van der Waals surface area contributed by atoms with Crippen molar-refractivity contribution in [1.82, 2.24) is 4.98 Å². The summed E-state index contributed by atoms with van der Waals surface area (Å²) >= 11 is 1.50. The molecule has 0 atom stereocenters. The first-order valence-corrected chi connectivity index (χ1v) is 6.12. The molecule has 0 aliphatic heterocycles. The van der Waals surface area contributed by atoms with E-state index < -0.39 is 5.97 Å². The van der Waals surface area contributed by atoms with Gasteiger partial charge in [-0.05, 0) is 26.3 Å². The van der Waals surface area contributed by atoms with Crippen molar-refractivity contribution in [2.75, 3.05) is 6.61 Å². The predicted molar refractivity (Wildman–Crippen MR) is 66.7 cm³/mol. The average molecular weight is 251 g/mol. The molecule has 5 heteroatoms. The molecule has 0 aliphatic carbocycles. The zero-order valence-electron chi connectivity index (χ0n) is 9.90. The Morgan fingerprint density at radius 3 is 2.88 bits per heavy atom. The highest BCUT2D eigenvalue weighted by Crippen LogP contribution is 2.36. The number of hydrogen-bond donors (Lipinski definition) is 1. The zero-order chi connectivity index (χ0) is 12.6. The van der Waals surface area contributed by atoms with Crippen molar-refractivity contribution in [2.24, 2.45) is 0 Å². The van der Waals surface area contributed by atoms with Crippen LogP contribution in [0.25, 0.3) is 10.2 Å². The monoisotopic (exact) mass is 251 g/mol. The molecular weight excluding hydrogens is 238 g/mol. The number of fused-ring (bicyclic) bond motifs is 1. The average Bonchev–Trinajstić information content (AvgIpc) is 2.56. The number of hydrogen-bond acceptors (Lipinski definition) is 5. The van der Waals surface area contributed by atoms with E-state index in [0.29, 0.717) is 5.39 Å². The number of esters is 1. The summed E-state index contributed by atoms with van der Waals surface area (Å²) in [6, 6.07) is 0. The van der Waals surface area contributed by atoms with Crippen LogP contribution in [0.1, 0.15) is 27.7 Å². The van der Waals surface area contributed by atoms with E-state index in [1.165, 1.54) is 17.5 Å². The van der Waals surface area contributed by atoms with E-state index in [0.717, 1.165) is 15.3 Å². The second-order valence-electron chi connectivity index (χ2n) is 3.70. The summed E-state index contributed by atoms with van der Waals surface area (Å²) in [7, 11) is 0. The Morgan fingerprint density at radius 1 is 1.53 bits per heavy atom. The summed E-state index contributed by atoms with van der Waals surface area (Å²) in [6.45, 7) is 5.87. The number of aromatic hydroxyl groups is 1. The maximum atomic E-state index is 11.6. The summed E-state index contributed by atoms with van der Waals surface area (Å²) in [5.74, 6) is -0.571. The number of aryl methyl sites for hydroxylation is 2. The zero-order valence-corrected chi connectivity index (χ0v) is 10.7. The van der Waals surface area contributed by atoms with Gasteiger partial charge in [0.05, 0.1) is 12.0 Å². The lowest BCUT2D eigenvalue weighted by atomic mass is 10.1. The van der Waals surface area contributed by atoms with Gasteiger partial charge in [0, 0.05) is 11.1 Å². The van der Waals surface area contributed by atoms with Gasteiger partial charge in [-0.15, -0.1) is 11.3 Å². The summed E-state index contributed by atoms with van der Waals surface area (Å²) in [4.78, 5) is 17.6. The van der Waals surface area contributed by atoms with Crippen molar-refractivity contribution in [2.45, 2.75) is 20.8 Å². The molecule has 2 aromatic heterocycles. The van der Waals surface area contributed by atoms with Crippen molar-refractivity contribution in [1.29, 1.82) is 0 Å². The van der Waals surface area contributed by atoms with Gasteiger partial charge in [-0.3, -0.25) is 0 Å². The quantitative estimate of drug-likeness (QED) is 0.834. The number of ether oxygens (including phenoxy) is 1. The van der Waals surface area contributed by atoms with Gasteiger partial charge in [0.2, 0.25) is 0 Å². The molecule has 90 valence electrons. The van der Waals surface area contributed by atoms with Gasteiger partial charge in [0.1, 0.15) is 16.1 Å². The normalized spacial score (nSPS) is 10.8. The van der Waals surface area contributed by atoms with Crippen molar-refractivity contribution in [3.05, 3.63) is 22.2 Å². The number of pyridine rings is 1. The molecule has 1 N–H and O–H groups in total. The van der Waals surface area contributed by atoms with Crippen molar-refractivity contribution in [3.63, 3.8) is 0 Å². The molecule has 0 saturated heterocycles. The minimum absolute atomic E-state index is 0.0321. The molecule has 0 amide bonds. The van der Waals surface area contributed by atoms with Gasteiger partial charge in [-0.25, -0.2) is 9.78 Å². The highest BCUT2D eigenvalue weighted by molar-refractivity contribution is 7.18. The molecule has 0 unspecified atom stereocenters. The van der Waals surface area contributed by atoms with Gasteiger partial charge in [0.15, 0.2) is 0 Å². The third-order valence-corrected chi connectivity index (χ3v) is 3.78. The number of aromatic nitrogens is 1. The van der Waals surface area contributed by atoms with Crippen molar-refractivity contribution in [3.8, 4) is 5.75 Å². The number of thiophene rings is 1. The molecule has 2 aromatic rings. The molecule has 0 bridgehead atoms. The van der Waals surface area contributed by atoms with E-state index in [1.807, 2.05) is 13.8 Å². The van der Waals surface area contributed by atoms with Crippen LogP contribution >= 0.6 is 11.3 Å². The van der Waals surface area contributed by atoms with Crippen LogP contribution < -0.4 is 0 Å². The lowest BCUT2D eigenvalue weighted by Gasteiger charge is -2.05. The minimum atomic E-state index is -0.539. The molecule has 0 aromatic carbocycles. The Hall–Kier alpha value is -1.62. The maximum absolute atomic E-state index is 11.6. The lowest BCUT2D eigenvalue weighted by molar-refractivity contribution is 0.0523. The van der Waals surface area contributed by atoms with Gasteiger partial charge >= 0.3 is 5.97 Å². The molecule has 17 heavy (non-hydrogen) atoms. The molecule has 0 aliphatic rings. The largest absolute Gasteiger partial charge is 0.506 e. The second-order valence-corrected chi connectivity index (χ2v) is 4.91. The summed E-state index contributed by atoms with van der Waals surface area (Å²) in [5.41, 5.74) is 1.08. The van der Waals surface area contributed by atoms with Gasteiger partial charge in [0.25, 0.3) is 0 Å². The Labute approximate surface area is 103 Å². The molecule has 0 fully saturated rings. The van der Waals surface area contributed by atoms with E-state index in [-0.39, 0.29) is 17.9 Å². The van der Waals surface area contributed by atoms with Crippen LogP contribution in [-0.2, 0) is 4.74 Å². The van der Waals surface area contributed by atoms with Gasteiger partial charge in [-0.2, -0.15) is 0 Å². The fourth-order valence-corrected chi connectivity index (χ4v) is 2.66. The Kier molecular flexibility index (Phi) is 3.02. The van der Waals surface area contributed by atoms with E-state index in [4.69, 9.17) is 4.74 Å². The molecule has 2 rings (SSSR count). The van der Waals surface area contributed by atoms with E-state index in [2.05, 4.69) is 4.98 Å². The number of nitrogens with zero attached hydrogens (tertiary/aromatic N) is 1. The first-order valence-electron chi connectivity index (χ1n) is 5.31. The lowest BCUT2D eigenvalue weighted by Crippen LogP contribution is -2.05. The number of carbonyl (C=O) groups excluding carboxylic acids is 1. The van der Waals surface area contributed by atoms with Crippen LogP contribution in [0, 0.1) is 13.8 Å². The van der Waals surface area contributed by atoms with Crippen LogP contribution in [0.3, 0.4) is 0 Å². The first kappa shape index (κ1) is 11.9. The summed E-state index contributed by atoms with van der Waals surface area (Å²) in [5, 5.41) is 10.8. The standard InChI is InChI=1S/C12H13NO3S/c1-4-16-12(15)8-5-13-11-9(10(8)14)6(2)7(3)17-11/h5H,4H2,1-3H3,(H,13,14). The number of rotatable bonds is 2. The Morgan fingerprint density at radius 2 is 2.24 bits per heavy atom. The predicted octanol–water partition coefficient (Wildman–Crippen LogP) is 2.80. The van der Waals surface area contributed by atoms with Gasteiger partial charge in [-0.1, -0.05) is 0 Å². The van der Waals surface area contributed by atoms with Crippen LogP contribution in [0.4, 0.5) is 0 Å². The van der Waals surface area contributed by atoms with Crippen molar-refractivity contribution >= 4 is 27.5 Å². The molecule has 0 spiro atoms. The highest BCUT2D eigenvalue weighted by atomic mass is 32.1. The van der Waals surface area contributed by atoms with E-state index >= 15 is 0 Å². The highest BCUT2D eigenvalue weighted by Gasteiger charge is 2.19. The Balaban J connectivity index is 2.64. The molecule has 4 nitrogen and oxygen atoms in total. The third-order valence-electron chi connectivity index (χ3n) is 2.66. The number of carbonyl (C=O) groups is 1. The van der Waals surface area contributed by atoms with E-state index in [1.54, 1.807) is 6.92 Å². The fourth-order valence-electron chi connectivity index (χ4n) is 1.66. The van der Waals surface area contributed by atoms with Crippen LogP contribution in [0.15, 0.2) is 6.20 Å². The second kappa shape index (κ2) is 4.33. The molecule has 2 heterocycles. The van der Waals surface area contributed by atoms with Gasteiger partial charge < -0.3 is 9.84 Å². The third kappa shape index (κ3) is 1.86. The first-order chi connectivity index (χ1) is 8.06. The topological polar surface area (TPSA) is 59.4 Å².